The third-order valence-electron chi connectivity index (χ3n) is 5.64. The maximum absolute atomic E-state index is 12.9. The molecule has 0 saturated carbocycles. The minimum absolute atomic E-state index is 0.00869. The summed E-state index contributed by atoms with van der Waals surface area (Å²) in [5.74, 6) is 1.57. The van der Waals surface area contributed by atoms with Gasteiger partial charge in [0.1, 0.15) is 22.3 Å². The predicted octanol–water partition coefficient (Wildman–Crippen LogP) is 4.23. The summed E-state index contributed by atoms with van der Waals surface area (Å²) in [5, 5.41) is 15.1. The predicted molar refractivity (Wildman–Crippen MR) is 133 cm³/mol. The molecule has 0 unspecified atom stereocenters. The quantitative estimate of drug-likeness (QED) is 0.502. The van der Waals surface area contributed by atoms with Gasteiger partial charge in [-0.1, -0.05) is 11.3 Å². The van der Waals surface area contributed by atoms with Crippen LogP contribution in [0.4, 0.5) is 16.2 Å². The van der Waals surface area contributed by atoms with E-state index in [1.54, 1.807) is 68.7 Å². The zero-order chi connectivity index (χ0) is 24.8. The van der Waals surface area contributed by atoms with Crippen molar-refractivity contribution < 1.29 is 23.8 Å². The Bertz CT molecular complexity index is 1160. The normalized spacial score (nSPS) is 15.3. The molecule has 2 heterocycles. The highest BCUT2D eigenvalue weighted by molar-refractivity contribution is 7.13. The maximum Gasteiger partial charge on any atom is 0.321 e. The fourth-order valence-electron chi connectivity index (χ4n) is 3.80. The van der Waals surface area contributed by atoms with Crippen molar-refractivity contribution in [2.75, 3.05) is 45.1 Å². The third kappa shape index (κ3) is 5.99. The van der Waals surface area contributed by atoms with Crippen LogP contribution in [-0.2, 0) is 0 Å². The lowest BCUT2D eigenvalue weighted by Crippen LogP contribution is -2.41. The number of hydrogen-bond donors (Lipinski definition) is 2. The van der Waals surface area contributed by atoms with Crippen LogP contribution >= 0.6 is 11.3 Å². The molecule has 11 heteroatoms. The smallest absolute Gasteiger partial charge is 0.321 e. The molecule has 1 aromatic heterocycles. The lowest BCUT2D eigenvalue weighted by molar-refractivity contribution is 0.102. The van der Waals surface area contributed by atoms with Crippen LogP contribution in [0, 0.1) is 0 Å². The van der Waals surface area contributed by atoms with Crippen molar-refractivity contribution in [1.82, 2.24) is 15.1 Å². The number of ether oxygens (including phenoxy) is 3. The number of urea groups is 1. The van der Waals surface area contributed by atoms with Gasteiger partial charge in [0, 0.05) is 48.6 Å². The second kappa shape index (κ2) is 11.0. The molecular formula is C24H27N5O5S. The van der Waals surface area contributed by atoms with Gasteiger partial charge < -0.3 is 29.7 Å². The summed E-state index contributed by atoms with van der Waals surface area (Å²) in [6.07, 6.45) is 1.69. The van der Waals surface area contributed by atoms with Gasteiger partial charge in [0.05, 0.1) is 21.3 Å². The molecule has 1 atom stereocenters. The summed E-state index contributed by atoms with van der Waals surface area (Å²) in [7, 11) is 4.70. The molecular weight excluding hydrogens is 470 g/mol. The van der Waals surface area contributed by atoms with Gasteiger partial charge in [-0.15, -0.1) is 10.2 Å². The van der Waals surface area contributed by atoms with Crippen molar-refractivity contribution in [2.45, 2.75) is 18.8 Å². The molecule has 4 rings (SSSR count). The molecule has 0 aliphatic carbocycles. The summed E-state index contributed by atoms with van der Waals surface area (Å²) >= 11 is 1.25. The number of carbonyl (C=O) groups is 2. The van der Waals surface area contributed by atoms with Gasteiger partial charge in [-0.3, -0.25) is 4.79 Å². The summed E-state index contributed by atoms with van der Waals surface area (Å²) in [6, 6.07) is 12.1. The molecule has 10 nitrogen and oxygen atoms in total. The number of methoxy groups -OCH3 is 3. The molecule has 1 fully saturated rings. The van der Waals surface area contributed by atoms with Gasteiger partial charge in [0.15, 0.2) is 0 Å². The summed E-state index contributed by atoms with van der Waals surface area (Å²) in [6.45, 7) is 1.12. The van der Waals surface area contributed by atoms with Crippen LogP contribution in [0.5, 0.6) is 17.2 Å². The van der Waals surface area contributed by atoms with Crippen LogP contribution in [0.15, 0.2) is 42.5 Å². The SMILES string of the molecule is COc1ccc(NC(=O)c2nnc([C@@H]3CCCN(C(=O)Nc4cc(OC)cc(OC)c4)C3)s2)cc1. The van der Waals surface area contributed by atoms with Gasteiger partial charge in [-0.05, 0) is 37.1 Å². The molecule has 1 aliphatic rings. The van der Waals surface area contributed by atoms with Gasteiger partial charge >= 0.3 is 6.03 Å². The van der Waals surface area contributed by atoms with E-state index in [0.717, 1.165) is 17.8 Å². The summed E-state index contributed by atoms with van der Waals surface area (Å²) < 4.78 is 15.7. The van der Waals surface area contributed by atoms with E-state index in [2.05, 4.69) is 20.8 Å². The number of piperidine rings is 1. The van der Waals surface area contributed by atoms with Gasteiger partial charge in [0.2, 0.25) is 5.01 Å². The fraction of sp³-hybridized carbons (Fsp3) is 0.333. The molecule has 0 radical (unpaired) electrons. The Labute approximate surface area is 207 Å². The van der Waals surface area contributed by atoms with E-state index in [1.807, 2.05) is 0 Å². The number of carbonyl (C=O) groups excluding carboxylic acids is 2. The lowest BCUT2D eigenvalue weighted by atomic mass is 9.99. The Morgan fingerprint density at radius 1 is 0.914 bits per heavy atom. The average molecular weight is 498 g/mol. The van der Waals surface area contributed by atoms with Crippen LogP contribution in [0.25, 0.3) is 0 Å². The number of aromatic nitrogens is 2. The molecule has 184 valence electrons. The number of benzene rings is 2. The Morgan fingerprint density at radius 3 is 2.26 bits per heavy atom. The first kappa shape index (κ1) is 24.3. The molecule has 1 aliphatic heterocycles. The molecule has 1 saturated heterocycles. The number of anilines is 2. The van der Waals surface area contributed by atoms with Crippen molar-refractivity contribution >= 4 is 34.6 Å². The zero-order valence-electron chi connectivity index (χ0n) is 19.7. The fourth-order valence-corrected chi connectivity index (χ4v) is 4.66. The van der Waals surface area contributed by atoms with Crippen molar-refractivity contribution in [3.63, 3.8) is 0 Å². The minimum Gasteiger partial charge on any atom is -0.497 e. The highest BCUT2D eigenvalue weighted by atomic mass is 32.1. The van der Waals surface area contributed by atoms with E-state index in [1.165, 1.54) is 11.3 Å². The first-order valence-corrected chi connectivity index (χ1v) is 11.9. The van der Waals surface area contributed by atoms with Crippen LogP contribution in [0.3, 0.4) is 0 Å². The highest BCUT2D eigenvalue weighted by Gasteiger charge is 2.28. The van der Waals surface area contributed by atoms with Crippen LogP contribution < -0.4 is 24.8 Å². The van der Waals surface area contributed by atoms with E-state index in [9.17, 15) is 9.59 Å². The third-order valence-corrected chi connectivity index (χ3v) is 6.73. The average Bonchev–Trinajstić information content (AvgIpc) is 3.39. The number of rotatable bonds is 7. The molecule has 0 spiro atoms. The van der Waals surface area contributed by atoms with Crippen molar-refractivity contribution in [1.29, 1.82) is 0 Å². The zero-order valence-corrected chi connectivity index (χ0v) is 20.6. The number of nitrogens with zero attached hydrogens (tertiary/aromatic N) is 3. The van der Waals surface area contributed by atoms with Crippen molar-refractivity contribution in [3.8, 4) is 17.2 Å². The Kier molecular flexibility index (Phi) is 7.66. The Morgan fingerprint density at radius 2 is 1.60 bits per heavy atom. The van der Waals surface area contributed by atoms with Crippen LogP contribution in [-0.4, -0.2) is 61.5 Å². The lowest BCUT2D eigenvalue weighted by Gasteiger charge is -2.31. The summed E-state index contributed by atoms with van der Waals surface area (Å²) in [5.41, 5.74) is 1.23. The number of amides is 3. The molecule has 2 aromatic carbocycles. The van der Waals surface area contributed by atoms with Gasteiger partial charge in [-0.25, -0.2) is 4.79 Å². The van der Waals surface area contributed by atoms with E-state index >= 15 is 0 Å². The van der Waals surface area contributed by atoms with E-state index in [0.29, 0.717) is 41.7 Å². The minimum atomic E-state index is -0.323. The number of nitrogens with one attached hydrogen (secondary N) is 2. The Balaban J connectivity index is 1.38. The van der Waals surface area contributed by atoms with Gasteiger partial charge in [-0.2, -0.15) is 0 Å². The maximum atomic E-state index is 12.9. The monoisotopic (exact) mass is 497 g/mol. The van der Waals surface area contributed by atoms with E-state index < -0.39 is 0 Å². The molecule has 0 bridgehead atoms. The standard InChI is InChI=1S/C24H27N5O5S/c1-32-18-8-6-16(7-9-18)25-21(30)23-28-27-22(35-23)15-5-4-10-29(14-15)24(31)26-17-11-19(33-2)13-20(12-17)34-3/h6-9,11-13,15H,4-5,10,14H2,1-3H3,(H,25,30)(H,26,31)/t15-/m1/s1. The first-order valence-electron chi connectivity index (χ1n) is 11.1. The topological polar surface area (TPSA) is 115 Å². The summed E-state index contributed by atoms with van der Waals surface area (Å²) in [4.78, 5) is 27.3. The largest absolute Gasteiger partial charge is 0.497 e. The highest BCUT2D eigenvalue weighted by Crippen LogP contribution is 2.31. The van der Waals surface area contributed by atoms with Crippen molar-refractivity contribution in [2.24, 2.45) is 0 Å². The van der Waals surface area contributed by atoms with E-state index in [4.69, 9.17) is 14.2 Å². The molecule has 35 heavy (non-hydrogen) atoms. The van der Waals surface area contributed by atoms with Crippen LogP contribution in [0.1, 0.15) is 33.6 Å². The Hall–Kier alpha value is -3.86. The molecule has 2 N–H and O–H groups in total. The first-order chi connectivity index (χ1) is 17.0. The number of hydrogen-bond acceptors (Lipinski definition) is 8. The van der Waals surface area contributed by atoms with Crippen LogP contribution in [0.2, 0.25) is 0 Å². The molecule has 3 amide bonds. The second-order valence-corrected chi connectivity index (χ2v) is 8.95. The second-order valence-electron chi connectivity index (χ2n) is 7.94. The van der Waals surface area contributed by atoms with E-state index in [-0.39, 0.29) is 22.9 Å². The van der Waals surface area contributed by atoms with Gasteiger partial charge in [0.25, 0.3) is 5.91 Å². The number of likely N-dealkylation sites (tertiary alicyclic amines) is 1. The van der Waals surface area contributed by atoms with Crippen molar-refractivity contribution in [3.05, 3.63) is 52.5 Å². The molecule has 3 aromatic rings.